The molecular weight excluding hydrogens is 470 g/mol. The molecule has 37 heavy (non-hydrogen) atoms. The zero-order chi connectivity index (χ0) is 25.9. The van der Waals surface area contributed by atoms with Crippen LogP contribution in [0.3, 0.4) is 0 Å². The summed E-state index contributed by atoms with van der Waals surface area (Å²) in [6.45, 7) is 5.55. The first-order valence-corrected chi connectivity index (χ1v) is 12.8. The van der Waals surface area contributed by atoms with Gasteiger partial charge in [0.25, 0.3) is 5.91 Å². The number of imidazole rings is 1. The van der Waals surface area contributed by atoms with Gasteiger partial charge in [-0.05, 0) is 54.3 Å². The average molecular weight is 502 g/mol. The highest BCUT2D eigenvalue weighted by atomic mass is 16.5. The number of ether oxygens (including phenoxy) is 2. The third kappa shape index (κ3) is 4.96. The number of nitrogens with one attached hydrogen (secondary N) is 1. The van der Waals surface area contributed by atoms with Crippen LogP contribution in [-0.2, 0) is 22.6 Å². The number of hydrogen-bond acceptors (Lipinski definition) is 5. The second-order valence-electron chi connectivity index (χ2n) is 9.55. The Morgan fingerprint density at radius 2 is 2.11 bits per heavy atom. The van der Waals surface area contributed by atoms with E-state index in [2.05, 4.69) is 4.98 Å². The Morgan fingerprint density at radius 3 is 2.89 bits per heavy atom. The van der Waals surface area contributed by atoms with Crippen molar-refractivity contribution in [3.05, 3.63) is 83.4 Å². The van der Waals surface area contributed by atoms with Gasteiger partial charge in [0.05, 0.1) is 19.2 Å². The fourth-order valence-electron chi connectivity index (χ4n) is 5.04. The Balaban J connectivity index is 1.53. The minimum Gasteiger partial charge on any atom is -0.872 e. The number of nitrogens with zero attached hydrogens (tertiary/aromatic N) is 2. The van der Waals surface area contributed by atoms with Crippen LogP contribution in [0.4, 0.5) is 0 Å². The molecule has 1 N–H and O–H groups in total. The predicted octanol–water partition coefficient (Wildman–Crippen LogP) is 2.73. The first kappa shape index (κ1) is 24.6. The summed E-state index contributed by atoms with van der Waals surface area (Å²) in [6.07, 6.45) is 7.77. The van der Waals surface area contributed by atoms with Gasteiger partial charge in [0.2, 0.25) is 12.1 Å². The largest absolute Gasteiger partial charge is 0.872 e. The van der Waals surface area contributed by atoms with Crippen LogP contribution in [0.15, 0.2) is 66.8 Å². The van der Waals surface area contributed by atoms with Crippen LogP contribution in [0.1, 0.15) is 49.4 Å². The smallest absolute Gasteiger partial charge is 0.295 e. The molecule has 2 unspecified atom stereocenters. The Hall–Kier alpha value is -4.07. The first-order chi connectivity index (χ1) is 18.0. The molecule has 0 spiro atoms. The molecule has 5 rings (SSSR count). The number of aromatic nitrogens is 2. The average Bonchev–Trinajstić information content (AvgIpc) is 3.61. The van der Waals surface area contributed by atoms with Crippen molar-refractivity contribution in [2.75, 3.05) is 13.2 Å². The minimum atomic E-state index is -0.780. The lowest BCUT2D eigenvalue weighted by Crippen LogP contribution is -2.36. The number of aromatic amines is 1. The van der Waals surface area contributed by atoms with Crippen LogP contribution in [0.5, 0.6) is 11.5 Å². The van der Waals surface area contributed by atoms with Crippen LogP contribution in [0, 0.1) is 0 Å². The topological polar surface area (TPSA) is 98.6 Å². The molecule has 0 saturated carbocycles. The van der Waals surface area contributed by atoms with Gasteiger partial charge < -0.3 is 19.5 Å². The summed E-state index contributed by atoms with van der Waals surface area (Å²) in [5.74, 6) is -0.415. The van der Waals surface area contributed by atoms with E-state index in [0.717, 1.165) is 17.7 Å². The maximum absolute atomic E-state index is 13.8. The molecule has 1 aromatic heterocycles. The molecule has 2 aliphatic rings. The van der Waals surface area contributed by atoms with Gasteiger partial charge in [-0.25, -0.2) is 4.57 Å². The van der Waals surface area contributed by atoms with Gasteiger partial charge in [0.1, 0.15) is 30.0 Å². The molecule has 2 atom stereocenters. The van der Waals surface area contributed by atoms with Gasteiger partial charge in [-0.1, -0.05) is 30.9 Å². The number of carbonyl (C=O) groups is 2. The van der Waals surface area contributed by atoms with E-state index in [1.165, 1.54) is 4.90 Å². The molecule has 0 radical (unpaired) electrons. The highest BCUT2D eigenvalue weighted by Crippen LogP contribution is 2.40. The Labute approximate surface area is 216 Å². The molecule has 2 aliphatic heterocycles. The van der Waals surface area contributed by atoms with Crippen molar-refractivity contribution >= 4 is 17.4 Å². The summed E-state index contributed by atoms with van der Waals surface area (Å²) in [4.78, 5) is 31.1. The summed E-state index contributed by atoms with van der Waals surface area (Å²) >= 11 is 0. The number of H-pyrrole nitrogens is 1. The molecule has 1 saturated heterocycles. The van der Waals surface area contributed by atoms with Crippen molar-refractivity contribution in [1.82, 2.24) is 9.88 Å². The molecule has 0 bridgehead atoms. The number of hydrogen-bond donors (Lipinski definition) is 1. The Kier molecular flexibility index (Phi) is 6.99. The highest BCUT2D eigenvalue weighted by molar-refractivity contribution is 6.46. The van der Waals surface area contributed by atoms with E-state index in [4.69, 9.17) is 9.47 Å². The molecule has 2 aromatic carbocycles. The van der Waals surface area contributed by atoms with Crippen LogP contribution in [-0.4, -0.2) is 40.8 Å². The summed E-state index contributed by atoms with van der Waals surface area (Å²) in [6, 6.07) is 11.8. The number of fused-ring (bicyclic) bond motifs is 1. The lowest BCUT2D eigenvalue weighted by atomic mass is 9.94. The van der Waals surface area contributed by atoms with E-state index in [9.17, 15) is 14.7 Å². The quantitative estimate of drug-likeness (QED) is 0.210. The van der Waals surface area contributed by atoms with Gasteiger partial charge in [-0.2, -0.15) is 0 Å². The van der Waals surface area contributed by atoms with E-state index in [1.54, 1.807) is 18.2 Å². The number of carbonyl (C=O) groups excluding carboxylic acids is 2. The summed E-state index contributed by atoms with van der Waals surface area (Å²) < 4.78 is 13.6. The summed E-state index contributed by atoms with van der Waals surface area (Å²) in [5, 5.41) is 13.8. The van der Waals surface area contributed by atoms with Crippen molar-refractivity contribution in [2.45, 2.75) is 51.8 Å². The number of aryl methyl sites for hydroxylation is 1. The number of Topliss-reactive ketones (excluding diaryl/α,β-unsaturated/α-hetero) is 1. The first-order valence-electron chi connectivity index (χ1n) is 12.8. The molecule has 3 aromatic rings. The molecule has 1 amide bonds. The van der Waals surface area contributed by atoms with Gasteiger partial charge in [0.15, 0.2) is 0 Å². The molecule has 192 valence electrons. The summed E-state index contributed by atoms with van der Waals surface area (Å²) in [7, 11) is 0. The number of ketones is 1. The third-order valence-electron chi connectivity index (χ3n) is 6.75. The standard InChI is InChI=1S/C29H31N3O5/c1-3-14-36-23-7-4-6-20(17-23)26-25(27(33)21-8-9-24-22(16-21)15-19(2)37-24)28(34)29(35)32(26)12-5-11-31-13-10-30-18-31/h4,6-10,13,16-19,26H,3,5,11-12,14-15H2,1-2H3,(H,33,34). The normalized spacial score (nSPS) is 20.2. The number of amides is 1. The van der Waals surface area contributed by atoms with Crippen molar-refractivity contribution in [2.24, 2.45) is 0 Å². The van der Waals surface area contributed by atoms with Crippen molar-refractivity contribution in [1.29, 1.82) is 0 Å². The van der Waals surface area contributed by atoms with E-state index < -0.39 is 23.5 Å². The van der Waals surface area contributed by atoms with Crippen molar-refractivity contribution in [3.63, 3.8) is 0 Å². The van der Waals surface area contributed by atoms with E-state index in [1.807, 2.05) is 61.4 Å². The number of benzene rings is 2. The van der Waals surface area contributed by atoms with Gasteiger partial charge in [-0.3, -0.25) is 14.6 Å². The van der Waals surface area contributed by atoms with Crippen LogP contribution >= 0.6 is 0 Å². The van der Waals surface area contributed by atoms with Crippen LogP contribution in [0.25, 0.3) is 5.76 Å². The molecule has 0 aliphatic carbocycles. The van der Waals surface area contributed by atoms with E-state index in [0.29, 0.717) is 49.4 Å². The van der Waals surface area contributed by atoms with Crippen molar-refractivity contribution < 1.29 is 28.7 Å². The fourth-order valence-corrected chi connectivity index (χ4v) is 5.04. The Morgan fingerprint density at radius 1 is 1.24 bits per heavy atom. The van der Waals surface area contributed by atoms with E-state index in [-0.39, 0.29) is 11.7 Å². The molecular formula is C29H31N3O5. The summed E-state index contributed by atoms with van der Waals surface area (Å²) in [5.41, 5.74) is 1.99. The monoisotopic (exact) mass is 501 g/mol. The maximum atomic E-state index is 13.8. The number of rotatable bonds is 9. The Bertz CT molecular complexity index is 1330. The van der Waals surface area contributed by atoms with Gasteiger partial charge in [0, 0.05) is 25.0 Å². The molecule has 3 heterocycles. The van der Waals surface area contributed by atoms with Crippen LogP contribution < -0.4 is 19.1 Å². The van der Waals surface area contributed by atoms with Gasteiger partial charge in [-0.15, -0.1) is 0 Å². The zero-order valence-electron chi connectivity index (χ0n) is 21.1. The van der Waals surface area contributed by atoms with Crippen LogP contribution in [0.2, 0.25) is 0 Å². The third-order valence-corrected chi connectivity index (χ3v) is 6.75. The second-order valence-corrected chi connectivity index (χ2v) is 9.55. The second kappa shape index (κ2) is 10.5. The maximum Gasteiger partial charge on any atom is 0.295 e. The minimum absolute atomic E-state index is 0.0150. The number of likely N-dealkylation sites (tertiary alicyclic amines) is 1. The lowest BCUT2D eigenvalue weighted by molar-refractivity contribution is -0.695. The van der Waals surface area contributed by atoms with Gasteiger partial charge >= 0.3 is 0 Å². The highest BCUT2D eigenvalue weighted by Gasteiger charge is 2.44. The fraction of sp³-hybridized carbons (Fsp3) is 0.345. The lowest BCUT2D eigenvalue weighted by Gasteiger charge is -2.28. The molecule has 8 heteroatoms. The SMILES string of the molecule is CCCOc1cccc(C2/C(=C(\[O-])c3ccc4c(c3)CC(C)O4)C(=O)C(=O)N2CCC[n+]2cc[nH]c2)c1. The zero-order valence-corrected chi connectivity index (χ0v) is 21.1. The van der Waals surface area contributed by atoms with E-state index >= 15 is 0 Å². The van der Waals surface area contributed by atoms with Crippen molar-refractivity contribution in [3.8, 4) is 11.5 Å². The molecule has 1 fully saturated rings. The predicted molar refractivity (Wildman–Crippen MR) is 134 cm³/mol. The molecule has 8 nitrogen and oxygen atoms in total.